The van der Waals surface area contributed by atoms with Crippen molar-refractivity contribution in [3.63, 3.8) is 0 Å². The smallest absolute Gasteiger partial charge is 0.251 e. The molecule has 4 nitrogen and oxygen atoms in total. The molecule has 0 aromatic heterocycles. The van der Waals surface area contributed by atoms with Crippen LogP contribution in [0.5, 0.6) is 0 Å². The van der Waals surface area contributed by atoms with Gasteiger partial charge >= 0.3 is 0 Å². The van der Waals surface area contributed by atoms with E-state index in [-0.39, 0.29) is 17.8 Å². The van der Waals surface area contributed by atoms with E-state index in [1.807, 2.05) is 30.3 Å². The van der Waals surface area contributed by atoms with Gasteiger partial charge in [0.1, 0.15) is 5.82 Å². The molecule has 0 aliphatic carbocycles. The van der Waals surface area contributed by atoms with Gasteiger partial charge in [0.05, 0.1) is 0 Å². The molecule has 2 N–H and O–H groups in total. The lowest BCUT2D eigenvalue weighted by atomic mass is 9.82. The van der Waals surface area contributed by atoms with E-state index >= 15 is 0 Å². The van der Waals surface area contributed by atoms with Crippen molar-refractivity contribution in [2.24, 2.45) is 0 Å². The summed E-state index contributed by atoms with van der Waals surface area (Å²) in [6.45, 7) is 0. The number of hydrogen-bond donors (Lipinski definition) is 2. The number of carbonyl (C=O) groups excluding carboxylic acids is 1. The third kappa shape index (κ3) is 4.17. The van der Waals surface area contributed by atoms with Crippen LogP contribution in [0.3, 0.4) is 0 Å². The molecule has 2 saturated heterocycles. The molecule has 0 radical (unpaired) electrons. The Morgan fingerprint density at radius 1 is 1.00 bits per heavy atom. The third-order valence-electron chi connectivity index (χ3n) is 5.68. The van der Waals surface area contributed by atoms with E-state index in [0.29, 0.717) is 17.6 Å². The Bertz CT molecular complexity index is 829. The van der Waals surface area contributed by atoms with E-state index < -0.39 is 0 Å². The largest absolute Gasteiger partial charge is 0.349 e. The van der Waals surface area contributed by atoms with Gasteiger partial charge < -0.3 is 15.5 Å². The fourth-order valence-electron chi connectivity index (χ4n) is 4.41. The van der Waals surface area contributed by atoms with Crippen LogP contribution in [-0.4, -0.2) is 34.0 Å². The molecule has 4 rings (SSSR count). The molecule has 6 heteroatoms. The van der Waals surface area contributed by atoms with Crippen LogP contribution in [0.2, 0.25) is 0 Å². The van der Waals surface area contributed by atoms with Gasteiger partial charge in [-0.05, 0) is 80.7 Å². The Hall–Kier alpha value is -2.47. The first kappa shape index (κ1) is 18.9. The molecule has 0 spiro atoms. The Labute approximate surface area is 170 Å². The minimum Gasteiger partial charge on any atom is -0.349 e. The van der Waals surface area contributed by atoms with E-state index in [9.17, 15) is 9.18 Å². The zero-order valence-corrected chi connectivity index (χ0v) is 16.4. The molecule has 2 aliphatic heterocycles. The number of halogens is 1. The molecule has 2 heterocycles. The van der Waals surface area contributed by atoms with Crippen LogP contribution >= 0.6 is 12.2 Å². The molecular weight excluding hydrogens is 373 g/mol. The highest BCUT2D eigenvalue weighted by Crippen LogP contribution is 2.34. The number of fused-ring (bicyclic) bond motifs is 2. The SMILES string of the molecule is O=C(NC1C[C@H]2CCC[C@H](C1)N2C(=S)Nc1ccccc1)c1ccc(F)cc1. The first-order valence-corrected chi connectivity index (χ1v) is 10.2. The normalized spacial score (nSPS) is 23.8. The van der Waals surface area contributed by atoms with Gasteiger partial charge in [0.2, 0.25) is 0 Å². The van der Waals surface area contributed by atoms with Crippen LogP contribution in [0.1, 0.15) is 42.5 Å². The highest BCUT2D eigenvalue weighted by molar-refractivity contribution is 7.80. The van der Waals surface area contributed by atoms with Crippen LogP contribution in [0.25, 0.3) is 0 Å². The van der Waals surface area contributed by atoms with E-state index in [2.05, 4.69) is 15.5 Å². The highest BCUT2D eigenvalue weighted by atomic mass is 32.1. The lowest BCUT2D eigenvalue weighted by Crippen LogP contribution is -2.59. The molecular formula is C22H24FN3OS. The van der Waals surface area contributed by atoms with Gasteiger partial charge in [-0.2, -0.15) is 0 Å². The summed E-state index contributed by atoms with van der Waals surface area (Å²) in [6.07, 6.45) is 5.10. The van der Waals surface area contributed by atoms with Gasteiger partial charge in [-0.25, -0.2) is 4.39 Å². The molecule has 146 valence electrons. The van der Waals surface area contributed by atoms with Gasteiger partial charge in [0, 0.05) is 29.4 Å². The van der Waals surface area contributed by atoms with E-state index in [4.69, 9.17) is 12.2 Å². The molecule has 2 aromatic carbocycles. The van der Waals surface area contributed by atoms with Crippen molar-refractivity contribution < 1.29 is 9.18 Å². The van der Waals surface area contributed by atoms with Crippen LogP contribution in [-0.2, 0) is 0 Å². The number of rotatable bonds is 3. The monoisotopic (exact) mass is 397 g/mol. The minimum absolute atomic E-state index is 0.114. The van der Waals surface area contributed by atoms with Crippen LogP contribution in [0, 0.1) is 5.82 Å². The van der Waals surface area contributed by atoms with Crippen molar-refractivity contribution in [1.29, 1.82) is 0 Å². The number of para-hydroxylation sites is 1. The summed E-state index contributed by atoms with van der Waals surface area (Å²) in [5.74, 6) is -0.472. The minimum atomic E-state index is -0.334. The van der Waals surface area contributed by atoms with Gasteiger partial charge in [-0.15, -0.1) is 0 Å². The van der Waals surface area contributed by atoms with E-state index in [1.165, 1.54) is 30.7 Å². The number of thiocarbonyl (C=S) groups is 1. The molecule has 2 atom stereocenters. The number of benzene rings is 2. The average molecular weight is 398 g/mol. The zero-order chi connectivity index (χ0) is 19.5. The summed E-state index contributed by atoms with van der Waals surface area (Å²) < 4.78 is 13.1. The Balaban J connectivity index is 1.41. The quantitative estimate of drug-likeness (QED) is 0.757. The summed E-state index contributed by atoms with van der Waals surface area (Å²) >= 11 is 5.72. The zero-order valence-electron chi connectivity index (χ0n) is 15.6. The molecule has 2 fully saturated rings. The molecule has 2 bridgehead atoms. The Kier molecular flexibility index (Phi) is 5.57. The number of anilines is 1. The maximum atomic E-state index is 13.1. The molecule has 2 aromatic rings. The van der Waals surface area contributed by atoms with Crippen LogP contribution in [0.15, 0.2) is 54.6 Å². The maximum Gasteiger partial charge on any atom is 0.251 e. The molecule has 0 saturated carbocycles. The molecule has 0 unspecified atom stereocenters. The van der Waals surface area contributed by atoms with Crippen molar-refractivity contribution in [2.75, 3.05) is 5.32 Å². The first-order chi connectivity index (χ1) is 13.6. The standard InChI is InChI=1S/C22H24FN3OS/c23-16-11-9-15(10-12-16)21(27)24-18-13-19-7-4-8-20(14-18)26(19)22(28)25-17-5-2-1-3-6-17/h1-3,5-6,9-12,18-20H,4,7-8,13-14H2,(H,24,27)(H,25,28)/t19-,20-/m1/s1. The van der Waals surface area contributed by atoms with Gasteiger partial charge in [-0.1, -0.05) is 18.2 Å². The van der Waals surface area contributed by atoms with Crippen molar-refractivity contribution in [3.8, 4) is 0 Å². The van der Waals surface area contributed by atoms with Gasteiger partial charge in [0.25, 0.3) is 5.91 Å². The molecule has 28 heavy (non-hydrogen) atoms. The summed E-state index contributed by atoms with van der Waals surface area (Å²) in [4.78, 5) is 14.9. The van der Waals surface area contributed by atoms with Crippen molar-refractivity contribution >= 4 is 28.9 Å². The number of carbonyl (C=O) groups is 1. The molecule has 1 amide bonds. The van der Waals surface area contributed by atoms with E-state index in [0.717, 1.165) is 36.5 Å². The number of nitrogens with one attached hydrogen (secondary N) is 2. The topological polar surface area (TPSA) is 44.4 Å². The second-order valence-electron chi connectivity index (χ2n) is 7.59. The Morgan fingerprint density at radius 3 is 2.29 bits per heavy atom. The summed E-state index contributed by atoms with van der Waals surface area (Å²) in [7, 11) is 0. The number of amides is 1. The fourth-order valence-corrected chi connectivity index (χ4v) is 4.83. The first-order valence-electron chi connectivity index (χ1n) is 9.81. The number of hydrogen-bond acceptors (Lipinski definition) is 2. The lowest BCUT2D eigenvalue weighted by molar-refractivity contribution is 0.0755. The van der Waals surface area contributed by atoms with Crippen LogP contribution in [0.4, 0.5) is 10.1 Å². The highest BCUT2D eigenvalue weighted by Gasteiger charge is 2.40. The van der Waals surface area contributed by atoms with Gasteiger partial charge in [-0.3, -0.25) is 4.79 Å². The van der Waals surface area contributed by atoms with E-state index in [1.54, 1.807) is 0 Å². The maximum absolute atomic E-state index is 13.1. The lowest BCUT2D eigenvalue weighted by Gasteiger charge is -2.50. The number of nitrogens with zero attached hydrogens (tertiary/aromatic N) is 1. The average Bonchev–Trinajstić information content (AvgIpc) is 2.68. The van der Waals surface area contributed by atoms with Crippen molar-refractivity contribution in [1.82, 2.24) is 10.2 Å². The van der Waals surface area contributed by atoms with Crippen molar-refractivity contribution in [2.45, 2.75) is 50.2 Å². The predicted octanol–water partition coefficient (Wildman–Crippen LogP) is 4.34. The third-order valence-corrected chi connectivity index (χ3v) is 5.99. The van der Waals surface area contributed by atoms with Gasteiger partial charge in [0.15, 0.2) is 5.11 Å². The summed E-state index contributed by atoms with van der Waals surface area (Å²) in [5.41, 5.74) is 1.49. The van der Waals surface area contributed by atoms with Crippen molar-refractivity contribution in [3.05, 3.63) is 66.0 Å². The predicted molar refractivity (Wildman–Crippen MR) is 113 cm³/mol. The Morgan fingerprint density at radius 2 is 1.64 bits per heavy atom. The second kappa shape index (κ2) is 8.27. The summed E-state index contributed by atoms with van der Waals surface area (Å²) in [6, 6.07) is 16.5. The molecule has 2 aliphatic rings. The summed E-state index contributed by atoms with van der Waals surface area (Å²) in [5, 5.41) is 7.27. The number of piperidine rings is 2. The van der Waals surface area contributed by atoms with Crippen LogP contribution < -0.4 is 10.6 Å². The fraction of sp³-hybridized carbons (Fsp3) is 0.364. The second-order valence-corrected chi connectivity index (χ2v) is 7.98.